The predicted molar refractivity (Wildman–Crippen MR) is 63.8 cm³/mol. The molecule has 0 aliphatic carbocycles. The molecule has 7 nitrogen and oxygen atoms in total. The summed E-state index contributed by atoms with van der Waals surface area (Å²) in [6.45, 7) is -1.14. The van der Waals surface area contributed by atoms with E-state index in [0.717, 1.165) is 26.4 Å². The SMILES string of the molecule is COP(=O)(OC)C(O)(C[N+](=O)[O-])c1cccc(F)c1. The Kier molecular flexibility index (Phi) is 4.75. The van der Waals surface area contributed by atoms with Gasteiger partial charge in [-0.2, -0.15) is 0 Å². The number of hydrogen-bond acceptors (Lipinski definition) is 6. The third-order valence-corrected chi connectivity index (χ3v) is 4.84. The fourth-order valence-electron chi connectivity index (χ4n) is 1.63. The van der Waals surface area contributed by atoms with Crippen LogP contribution >= 0.6 is 7.60 Å². The number of rotatable bonds is 6. The van der Waals surface area contributed by atoms with E-state index in [1.165, 1.54) is 12.1 Å². The summed E-state index contributed by atoms with van der Waals surface area (Å²) < 4.78 is 34.7. The zero-order valence-electron chi connectivity index (χ0n) is 10.3. The van der Waals surface area contributed by atoms with Crippen LogP contribution in [0.4, 0.5) is 4.39 Å². The van der Waals surface area contributed by atoms with Crippen LogP contribution in [0.1, 0.15) is 5.56 Å². The molecule has 0 aromatic heterocycles. The van der Waals surface area contributed by atoms with Gasteiger partial charge in [-0.3, -0.25) is 14.7 Å². The molecule has 19 heavy (non-hydrogen) atoms. The standard InChI is InChI=1S/C10H13FNO6P/c1-17-19(16,18-2)10(13,7-12(14)15)8-4-3-5-9(11)6-8/h3-6,13H,7H2,1-2H3. The van der Waals surface area contributed by atoms with Gasteiger partial charge in [-0.1, -0.05) is 12.1 Å². The van der Waals surface area contributed by atoms with Crippen molar-refractivity contribution >= 4 is 7.60 Å². The monoisotopic (exact) mass is 293 g/mol. The minimum absolute atomic E-state index is 0.253. The molecule has 1 aromatic rings. The van der Waals surface area contributed by atoms with Gasteiger partial charge in [0.25, 0.3) is 5.34 Å². The Labute approximate surface area is 108 Å². The van der Waals surface area contributed by atoms with Crippen LogP contribution in [0, 0.1) is 15.9 Å². The smallest absolute Gasteiger partial charge is 0.368 e. The predicted octanol–water partition coefficient (Wildman–Crippen LogP) is 1.73. The summed E-state index contributed by atoms with van der Waals surface area (Å²) in [5.74, 6) is -0.738. The molecule has 9 heteroatoms. The Morgan fingerprint density at radius 2 is 2.05 bits per heavy atom. The lowest BCUT2D eigenvalue weighted by Gasteiger charge is -2.30. The lowest BCUT2D eigenvalue weighted by Crippen LogP contribution is -2.35. The fraction of sp³-hybridized carbons (Fsp3) is 0.400. The largest absolute Gasteiger partial charge is 0.372 e. The van der Waals surface area contributed by atoms with E-state index in [1.807, 2.05) is 0 Å². The van der Waals surface area contributed by atoms with E-state index in [4.69, 9.17) is 0 Å². The Bertz CT molecular complexity index is 516. The number of nitrogens with zero attached hydrogens (tertiary/aromatic N) is 1. The van der Waals surface area contributed by atoms with Crippen molar-refractivity contribution in [3.05, 3.63) is 45.8 Å². The first kappa shape index (κ1) is 15.7. The normalized spacial score (nSPS) is 14.9. The minimum Gasteiger partial charge on any atom is -0.368 e. The van der Waals surface area contributed by atoms with Gasteiger partial charge in [-0.15, -0.1) is 0 Å². The first-order valence-electron chi connectivity index (χ1n) is 5.11. The highest BCUT2D eigenvalue weighted by atomic mass is 31.2. The summed E-state index contributed by atoms with van der Waals surface area (Å²) in [4.78, 5) is 9.79. The summed E-state index contributed by atoms with van der Waals surface area (Å²) in [6.07, 6.45) is 0. The van der Waals surface area contributed by atoms with Crippen LogP contribution in [0.25, 0.3) is 0 Å². The molecular weight excluding hydrogens is 280 g/mol. The van der Waals surface area contributed by atoms with Crippen molar-refractivity contribution in [1.29, 1.82) is 0 Å². The summed E-state index contributed by atoms with van der Waals surface area (Å²) in [6, 6.07) is 4.36. The van der Waals surface area contributed by atoms with Gasteiger partial charge in [0.2, 0.25) is 6.54 Å². The average molecular weight is 293 g/mol. The van der Waals surface area contributed by atoms with Crippen molar-refractivity contribution < 1.29 is 28.0 Å². The summed E-state index contributed by atoms with van der Waals surface area (Å²) in [7, 11) is -2.29. The quantitative estimate of drug-likeness (QED) is 0.487. The van der Waals surface area contributed by atoms with E-state index < -0.39 is 30.2 Å². The van der Waals surface area contributed by atoms with Gasteiger partial charge in [-0.05, 0) is 12.1 Å². The summed E-state index contributed by atoms with van der Waals surface area (Å²) in [5.41, 5.74) is -0.253. The van der Waals surface area contributed by atoms with Gasteiger partial charge in [0.15, 0.2) is 0 Å². The third kappa shape index (κ3) is 2.98. The maximum Gasteiger partial charge on any atom is 0.372 e. The van der Waals surface area contributed by atoms with E-state index in [0.29, 0.717) is 0 Å². The van der Waals surface area contributed by atoms with E-state index in [1.54, 1.807) is 0 Å². The summed E-state index contributed by atoms with van der Waals surface area (Å²) >= 11 is 0. The molecule has 1 N–H and O–H groups in total. The first-order chi connectivity index (χ1) is 8.79. The molecule has 0 aliphatic rings. The number of benzene rings is 1. The first-order valence-corrected chi connectivity index (χ1v) is 6.65. The van der Waals surface area contributed by atoms with E-state index >= 15 is 0 Å². The second kappa shape index (κ2) is 5.75. The molecule has 0 spiro atoms. The lowest BCUT2D eigenvalue weighted by atomic mass is 10.1. The summed E-state index contributed by atoms with van der Waals surface area (Å²) in [5, 5.41) is 18.5. The molecule has 106 valence electrons. The van der Waals surface area contributed by atoms with Crippen molar-refractivity contribution in [3.8, 4) is 0 Å². The number of hydrogen-bond donors (Lipinski definition) is 1. The second-order valence-corrected chi connectivity index (χ2v) is 6.15. The van der Waals surface area contributed by atoms with Crippen molar-refractivity contribution in [1.82, 2.24) is 0 Å². The van der Waals surface area contributed by atoms with E-state index in [9.17, 15) is 24.2 Å². The van der Waals surface area contributed by atoms with Crippen molar-refractivity contribution in [3.63, 3.8) is 0 Å². The molecule has 1 aromatic carbocycles. The molecule has 1 unspecified atom stereocenters. The molecule has 0 saturated carbocycles. The zero-order valence-corrected chi connectivity index (χ0v) is 11.2. The van der Waals surface area contributed by atoms with Crippen LogP contribution in [0.5, 0.6) is 0 Å². The lowest BCUT2D eigenvalue weighted by molar-refractivity contribution is -0.496. The van der Waals surface area contributed by atoms with Gasteiger partial charge >= 0.3 is 7.60 Å². The van der Waals surface area contributed by atoms with E-state index in [-0.39, 0.29) is 5.56 Å². The highest BCUT2D eigenvalue weighted by Crippen LogP contribution is 2.62. The van der Waals surface area contributed by atoms with Gasteiger partial charge in [0, 0.05) is 24.7 Å². The molecule has 0 saturated heterocycles. The molecule has 0 amide bonds. The maximum absolute atomic E-state index is 13.2. The molecule has 0 aliphatic heterocycles. The van der Waals surface area contributed by atoms with Crippen LogP contribution in [0.2, 0.25) is 0 Å². The molecule has 0 radical (unpaired) electrons. The molecule has 0 bridgehead atoms. The molecule has 1 rings (SSSR count). The van der Waals surface area contributed by atoms with Crippen molar-refractivity contribution in [2.24, 2.45) is 0 Å². The Hall–Kier alpha value is -1.34. The van der Waals surface area contributed by atoms with Crippen LogP contribution in [-0.4, -0.2) is 30.8 Å². The number of nitro groups is 1. The number of aliphatic hydroxyl groups is 1. The molecule has 1 atom stereocenters. The Morgan fingerprint density at radius 3 is 2.47 bits per heavy atom. The van der Waals surface area contributed by atoms with Crippen LogP contribution in [0.15, 0.2) is 24.3 Å². The Morgan fingerprint density at radius 1 is 1.47 bits per heavy atom. The van der Waals surface area contributed by atoms with Gasteiger partial charge < -0.3 is 14.2 Å². The van der Waals surface area contributed by atoms with Gasteiger partial charge in [0.05, 0.1) is 0 Å². The van der Waals surface area contributed by atoms with Crippen molar-refractivity contribution in [2.75, 3.05) is 20.8 Å². The van der Waals surface area contributed by atoms with E-state index in [2.05, 4.69) is 9.05 Å². The average Bonchev–Trinajstić information content (AvgIpc) is 2.36. The van der Waals surface area contributed by atoms with Crippen LogP contribution in [-0.2, 0) is 19.0 Å². The van der Waals surface area contributed by atoms with Crippen molar-refractivity contribution in [2.45, 2.75) is 5.34 Å². The topological polar surface area (TPSA) is 98.9 Å². The Balaban J connectivity index is 3.43. The maximum atomic E-state index is 13.2. The highest BCUT2D eigenvalue weighted by Gasteiger charge is 2.54. The van der Waals surface area contributed by atoms with Gasteiger partial charge in [-0.25, -0.2) is 4.39 Å². The fourth-order valence-corrected chi connectivity index (χ4v) is 3.13. The second-order valence-electron chi connectivity index (χ2n) is 3.68. The van der Waals surface area contributed by atoms with Crippen LogP contribution in [0.3, 0.4) is 0 Å². The number of halogens is 1. The van der Waals surface area contributed by atoms with Gasteiger partial charge in [0.1, 0.15) is 5.82 Å². The molecule has 0 heterocycles. The molecular formula is C10H13FNO6P. The van der Waals surface area contributed by atoms with Crippen LogP contribution < -0.4 is 0 Å². The minimum atomic E-state index is -4.25. The molecule has 0 fully saturated rings. The zero-order chi connectivity index (χ0) is 14.7. The third-order valence-electron chi connectivity index (χ3n) is 2.57. The highest BCUT2D eigenvalue weighted by molar-refractivity contribution is 7.54.